The fraction of sp³-hybridized carbons (Fsp3) is 0.226. The lowest BCUT2D eigenvalue weighted by atomic mass is 10.0. The van der Waals surface area contributed by atoms with E-state index >= 15 is 0 Å². The van der Waals surface area contributed by atoms with Crippen LogP contribution < -0.4 is 5.32 Å². The molecule has 0 radical (unpaired) electrons. The van der Waals surface area contributed by atoms with E-state index in [-0.39, 0.29) is 16.8 Å². The fourth-order valence-electron chi connectivity index (χ4n) is 4.99. The summed E-state index contributed by atoms with van der Waals surface area (Å²) in [6.07, 6.45) is -0.882. The SMILES string of the molecule is CC(=O)OCC1=C(C(=O)OC(c2ccccc2)c2ccccc2)N2C(=O)[C@@H](NC(=O)c3ccc(C)cc3)[C@@H]2S(=O)(=O)C1. The largest absolute Gasteiger partial charge is 0.461 e. The third-order valence-electron chi connectivity index (χ3n) is 7.04. The quantitative estimate of drug-likeness (QED) is 0.314. The Morgan fingerprint density at radius 2 is 1.50 bits per heavy atom. The normalized spacial score (nSPS) is 19.0. The maximum atomic E-state index is 13.8. The summed E-state index contributed by atoms with van der Waals surface area (Å²) >= 11 is 0. The average molecular weight is 589 g/mol. The Bertz CT molecular complexity index is 1630. The van der Waals surface area contributed by atoms with Crippen LogP contribution in [0, 0.1) is 6.92 Å². The van der Waals surface area contributed by atoms with Crippen LogP contribution in [-0.2, 0) is 33.7 Å². The predicted octanol–water partition coefficient (Wildman–Crippen LogP) is 2.84. The zero-order chi connectivity index (χ0) is 30.0. The van der Waals surface area contributed by atoms with Gasteiger partial charge in [-0.1, -0.05) is 78.4 Å². The Morgan fingerprint density at radius 3 is 2.05 bits per heavy atom. The number of carbonyl (C=O) groups is 4. The van der Waals surface area contributed by atoms with Gasteiger partial charge in [-0.15, -0.1) is 0 Å². The van der Waals surface area contributed by atoms with Gasteiger partial charge in [0.2, 0.25) is 0 Å². The van der Waals surface area contributed by atoms with Crippen LogP contribution in [0.25, 0.3) is 0 Å². The molecule has 2 amide bonds. The van der Waals surface area contributed by atoms with Crippen LogP contribution in [0.15, 0.2) is 96.2 Å². The highest BCUT2D eigenvalue weighted by atomic mass is 32.2. The summed E-state index contributed by atoms with van der Waals surface area (Å²) in [4.78, 5) is 52.6. The van der Waals surface area contributed by atoms with Gasteiger partial charge in [-0.25, -0.2) is 13.2 Å². The van der Waals surface area contributed by atoms with E-state index in [2.05, 4.69) is 5.32 Å². The van der Waals surface area contributed by atoms with Crippen LogP contribution >= 0.6 is 0 Å². The van der Waals surface area contributed by atoms with Crippen LogP contribution in [0.2, 0.25) is 0 Å². The Morgan fingerprint density at radius 1 is 0.929 bits per heavy atom. The Hall–Kier alpha value is -4.77. The second-order valence-corrected chi connectivity index (χ2v) is 12.2. The standard InChI is InChI=1S/C31H28N2O8S/c1-19-13-15-23(16-14-19)28(35)32-25-29(36)33-26(24(17-40-20(2)34)18-42(38,39)30(25)33)31(37)41-27(21-9-5-3-6-10-21)22-11-7-4-8-12-22/h3-16,25,27,30H,17-18H2,1-2H3,(H,32,35)/t25-,30+/m1/s1. The van der Waals surface area contributed by atoms with Crippen LogP contribution in [0.3, 0.4) is 0 Å². The molecule has 10 nitrogen and oxygen atoms in total. The number of sulfone groups is 1. The van der Waals surface area contributed by atoms with Crippen molar-refractivity contribution < 1.29 is 37.1 Å². The van der Waals surface area contributed by atoms with E-state index in [0.29, 0.717) is 11.1 Å². The second kappa shape index (κ2) is 11.6. The number of nitrogens with one attached hydrogen (secondary N) is 1. The van der Waals surface area contributed by atoms with Crippen molar-refractivity contribution in [2.24, 2.45) is 0 Å². The molecule has 1 fully saturated rings. The molecule has 216 valence electrons. The number of benzene rings is 3. The summed E-state index contributed by atoms with van der Waals surface area (Å²) in [6, 6.07) is 23.0. The van der Waals surface area contributed by atoms with Gasteiger partial charge in [0.1, 0.15) is 18.3 Å². The molecule has 2 heterocycles. The van der Waals surface area contributed by atoms with E-state index in [1.807, 2.05) is 19.1 Å². The molecular formula is C31H28N2O8S. The number of amides is 2. The summed E-state index contributed by atoms with van der Waals surface area (Å²) in [7, 11) is -4.10. The summed E-state index contributed by atoms with van der Waals surface area (Å²) in [5.41, 5.74) is 2.06. The van der Waals surface area contributed by atoms with E-state index in [0.717, 1.165) is 17.4 Å². The van der Waals surface area contributed by atoms with Gasteiger partial charge >= 0.3 is 11.9 Å². The number of ether oxygens (including phenoxy) is 2. The second-order valence-electron chi connectivity index (χ2n) is 10.1. The Balaban J connectivity index is 1.49. The zero-order valence-corrected chi connectivity index (χ0v) is 23.7. The lowest BCUT2D eigenvalue weighted by Gasteiger charge is -2.49. The minimum absolute atomic E-state index is 0.0945. The number of fused-ring (bicyclic) bond motifs is 1. The number of hydrogen-bond acceptors (Lipinski definition) is 8. The van der Waals surface area contributed by atoms with E-state index in [4.69, 9.17) is 9.47 Å². The van der Waals surface area contributed by atoms with Crippen molar-refractivity contribution in [3.05, 3.63) is 118 Å². The molecule has 0 aliphatic carbocycles. The number of rotatable bonds is 8. The highest BCUT2D eigenvalue weighted by Crippen LogP contribution is 2.39. The Labute approximate surface area is 242 Å². The molecule has 0 spiro atoms. The van der Waals surface area contributed by atoms with Crippen LogP contribution in [0.1, 0.15) is 40.1 Å². The van der Waals surface area contributed by atoms with Crippen molar-refractivity contribution in [2.45, 2.75) is 31.4 Å². The molecule has 1 saturated heterocycles. The molecule has 0 bridgehead atoms. The first kappa shape index (κ1) is 28.7. The van der Waals surface area contributed by atoms with Crippen LogP contribution in [0.4, 0.5) is 0 Å². The molecule has 5 rings (SSSR count). The zero-order valence-electron chi connectivity index (χ0n) is 22.9. The van der Waals surface area contributed by atoms with Gasteiger partial charge in [0, 0.05) is 18.1 Å². The molecule has 3 aromatic carbocycles. The number of hydrogen-bond donors (Lipinski definition) is 1. The number of aryl methyl sites for hydroxylation is 1. The monoisotopic (exact) mass is 588 g/mol. The van der Waals surface area contributed by atoms with Crippen molar-refractivity contribution in [3.8, 4) is 0 Å². The molecular weight excluding hydrogens is 560 g/mol. The van der Waals surface area contributed by atoms with Gasteiger partial charge < -0.3 is 14.8 Å². The molecule has 2 aliphatic rings. The van der Waals surface area contributed by atoms with Crippen molar-refractivity contribution in [3.63, 3.8) is 0 Å². The average Bonchev–Trinajstić information content (AvgIpc) is 2.98. The molecule has 0 saturated carbocycles. The molecule has 11 heteroatoms. The van der Waals surface area contributed by atoms with Crippen molar-refractivity contribution in [2.75, 3.05) is 12.4 Å². The minimum atomic E-state index is -4.10. The Kier molecular flexibility index (Phi) is 7.95. The molecule has 0 unspecified atom stereocenters. The van der Waals surface area contributed by atoms with Crippen molar-refractivity contribution in [1.82, 2.24) is 10.2 Å². The van der Waals surface area contributed by atoms with Crippen LogP contribution in [-0.4, -0.2) is 60.8 Å². The van der Waals surface area contributed by atoms with Crippen LogP contribution in [0.5, 0.6) is 0 Å². The summed E-state index contributed by atoms with van der Waals surface area (Å²) in [5.74, 6) is -3.76. The molecule has 42 heavy (non-hydrogen) atoms. The van der Waals surface area contributed by atoms with Crippen molar-refractivity contribution >= 4 is 33.6 Å². The molecule has 3 aromatic rings. The third-order valence-corrected chi connectivity index (χ3v) is 9.00. The van der Waals surface area contributed by atoms with Gasteiger partial charge in [-0.2, -0.15) is 0 Å². The molecule has 0 aromatic heterocycles. The summed E-state index contributed by atoms with van der Waals surface area (Å²) in [5, 5.41) is 0.972. The smallest absolute Gasteiger partial charge is 0.356 e. The first-order chi connectivity index (χ1) is 20.1. The van der Waals surface area contributed by atoms with E-state index in [1.54, 1.807) is 72.8 Å². The first-order valence-electron chi connectivity index (χ1n) is 13.2. The lowest BCUT2D eigenvalue weighted by molar-refractivity contribution is -0.154. The number of carbonyl (C=O) groups excluding carboxylic acids is 4. The number of esters is 2. The molecule has 1 N–H and O–H groups in total. The first-order valence-corrected chi connectivity index (χ1v) is 14.9. The third kappa shape index (κ3) is 5.68. The van der Waals surface area contributed by atoms with Gasteiger partial charge in [0.25, 0.3) is 11.8 Å². The fourth-order valence-corrected chi connectivity index (χ4v) is 6.99. The van der Waals surface area contributed by atoms with E-state index in [9.17, 15) is 27.6 Å². The predicted molar refractivity (Wildman–Crippen MR) is 151 cm³/mol. The van der Waals surface area contributed by atoms with Crippen molar-refractivity contribution in [1.29, 1.82) is 0 Å². The van der Waals surface area contributed by atoms with Gasteiger partial charge in [-0.3, -0.25) is 19.3 Å². The molecule has 2 aliphatic heterocycles. The maximum absolute atomic E-state index is 13.8. The van der Waals surface area contributed by atoms with Gasteiger partial charge in [0.05, 0.1) is 5.75 Å². The molecule has 2 atom stereocenters. The number of β-lactam (4-membered cyclic amide) rings is 1. The van der Waals surface area contributed by atoms with E-state index in [1.165, 1.54) is 0 Å². The topological polar surface area (TPSA) is 136 Å². The maximum Gasteiger partial charge on any atom is 0.356 e. The van der Waals surface area contributed by atoms with Gasteiger partial charge in [-0.05, 0) is 30.2 Å². The lowest BCUT2D eigenvalue weighted by Crippen LogP contribution is -2.75. The highest BCUT2D eigenvalue weighted by molar-refractivity contribution is 7.92. The van der Waals surface area contributed by atoms with E-state index < -0.39 is 63.5 Å². The minimum Gasteiger partial charge on any atom is -0.461 e. The van der Waals surface area contributed by atoms with Gasteiger partial charge in [0.15, 0.2) is 21.3 Å². The summed E-state index contributed by atoms with van der Waals surface area (Å²) < 4.78 is 37.8. The summed E-state index contributed by atoms with van der Waals surface area (Å²) in [6.45, 7) is 2.46. The highest BCUT2D eigenvalue weighted by Gasteiger charge is 2.61. The number of nitrogens with zero attached hydrogens (tertiary/aromatic N) is 1.